The summed E-state index contributed by atoms with van der Waals surface area (Å²) in [6.07, 6.45) is 9.17. The number of anilines is 5. The Labute approximate surface area is 358 Å². The minimum Gasteiger partial charge on any atom is -0.337 e. The van der Waals surface area contributed by atoms with Gasteiger partial charge in [0.25, 0.3) is 0 Å². The van der Waals surface area contributed by atoms with E-state index >= 15 is 0 Å². The van der Waals surface area contributed by atoms with E-state index in [9.17, 15) is 0 Å². The second-order valence-electron chi connectivity index (χ2n) is 16.2. The van der Waals surface area contributed by atoms with Crippen molar-refractivity contribution in [3.8, 4) is 0 Å². The third-order valence-corrected chi connectivity index (χ3v) is 15.4. The number of para-hydroxylation sites is 2. The van der Waals surface area contributed by atoms with E-state index in [0.29, 0.717) is 5.25 Å². The number of hydrogen-bond donors (Lipinski definition) is 0. The average Bonchev–Trinajstić information content (AvgIpc) is 3.83. The largest absolute Gasteiger partial charge is 0.337 e. The Morgan fingerprint density at radius 2 is 1.12 bits per heavy atom. The average molecular weight is 805 g/mol. The molecule has 2 unspecified atom stereocenters. The van der Waals surface area contributed by atoms with E-state index in [1.807, 2.05) is 23.1 Å². The highest BCUT2D eigenvalue weighted by Gasteiger charge is 2.42. The van der Waals surface area contributed by atoms with Crippen LogP contribution in [-0.4, -0.2) is 5.25 Å². The predicted molar refractivity (Wildman–Crippen MR) is 261 cm³/mol. The Morgan fingerprint density at radius 3 is 1.92 bits per heavy atom. The van der Waals surface area contributed by atoms with Crippen LogP contribution in [0.1, 0.15) is 18.1 Å². The van der Waals surface area contributed by atoms with E-state index in [1.165, 1.54) is 85.6 Å². The zero-order valence-corrected chi connectivity index (χ0v) is 34.8. The van der Waals surface area contributed by atoms with Gasteiger partial charge in [-0.2, -0.15) is 0 Å². The lowest BCUT2D eigenvalue weighted by Crippen LogP contribution is -2.28. The molecule has 2 nitrogen and oxygen atoms in total. The van der Waals surface area contributed by atoms with Gasteiger partial charge in [-0.05, 0) is 117 Å². The third-order valence-electron chi connectivity index (χ3n) is 12.8. The molecule has 2 heterocycles. The van der Waals surface area contributed by atoms with Gasteiger partial charge in [-0.25, -0.2) is 0 Å². The Balaban J connectivity index is 1.06. The number of benzene rings is 9. The molecule has 10 aromatic rings. The van der Waals surface area contributed by atoms with Crippen molar-refractivity contribution < 1.29 is 0 Å². The van der Waals surface area contributed by atoms with Crippen molar-refractivity contribution in [2.45, 2.75) is 29.0 Å². The van der Waals surface area contributed by atoms with Crippen molar-refractivity contribution >= 4 is 104 Å². The Kier molecular flexibility index (Phi) is 8.26. The number of nitrogens with zero attached hydrogens (tertiary/aromatic N) is 2. The summed E-state index contributed by atoms with van der Waals surface area (Å²) in [5, 5.41) is 10.5. The molecular formula is C56H40N2S2. The topological polar surface area (TPSA) is 6.48 Å². The molecule has 0 fully saturated rings. The first-order chi connectivity index (χ1) is 29.6. The Bertz CT molecular complexity index is 3370. The molecule has 1 aromatic heterocycles. The van der Waals surface area contributed by atoms with Crippen molar-refractivity contribution in [1.82, 2.24) is 0 Å². The summed E-state index contributed by atoms with van der Waals surface area (Å²) in [4.78, 5) is 6.35. The van der Waals surface area contributed by atoms with Gasteiger partial charge in [0.15, 0.2) is 0 Å². The molecule has 4 heteroatoms. The quantitative estimate of drug-likeness (QED) is 0.148. The number of hydrogen-bond acceptors (Lipinski definition) is 4. The third kappa shape index (κ3) is 5.62. The van der Waals surface area contributed by atoms with Crippen LogP contribution >= 0.6 is 23.1 Å². The summed E-state index contributed by atoms with van der Waals surface area (Å²) in [7, 11) is 0. The first-order valence-corrected chi connectivity index (χ1v) is 22.4. The highest BCUT2D eigenvalue weighted by atomic mass is 32.2. The Morgan fingerprint density at radius 1 is 0.483 bits per heavy atom. The lowest BCUT2D eigenvalue weighted by atomic mass is 9.77. The van der Waals surface area contributed by atoms with Crippen molar-refractivity contribution in [2.24, 2.45) is 0 Å². The molecule has 1 aliphatic carbocycles. The monoisotopic (exact) mass is 804 g/mol. The van der Waals surface area contributed by atoms with Gasteiger partial charge in [0.2, 0.25) is 0 Å². The first kappa shape index (κ1) is 35.4. The van der Waals surface area contributed by atoms with Crippen molar-refractivity contribution in [1.29, 1.82) is 0 Å². The molecule has 0 amide bonds. The smallest absolute Gasteiger partial charge is 0.0546 e. The molecule has 9 aromatic carbocycles. The second kappa shape index (κ2) is 14.0. The zero-order chi connectivity index (χ0) is 39.8. The summed E-state index contributed by atoms with van der Waals surface area (Å²) in [5.41, 5.74) is 8.52. The Hall–Kier alpha value is -6.59. The van der Waals surface area contributed by atoms with E-state index in [0.717, 1.165) is 17.9 Å². The molecule has 286 valence electrons. The second-order valence-corrected chi connectivity index (χ2v) is 18.5. The minimum absolute atomic E-state index is 0.0315. The number of fused-ring (bicyclic) bond motifs is 11. The summed E-state index contributed by atoms with van der Waals surface area (Å²) < 4.78 is 2.62. The van der Waals surface area contributed by atoms with Crippen LogP contribution in [-0.2, 0) is 12.0 Å². The summed E-state index contributed by atoms with van der Waals surface area (Å²) in [6, 6.07) is 67.6. The van der Waals surface area contributed by atoms with Gasteiger partial charge in [-0.3, -0.25) is 0 Å². The van der Waals surface area contributed by atoms with E-state index in [4.69, 9.17) is 0 Å². The number of rotatable bonds is 7. The fourth-order valence-corrected chi connectivity index (χ4v) is 12.3. The van der Waals surface area contributed by atoms with Crippen LogP contribution in [0.15, 0.2) is 211 Å². The molecule has 1 aliphatic heterocycles. The van der Waals surface area contributed by atoms with Gasteiger partial charge in [0.1, 0.15) is 0 Å². The summed E-state index contributed by atoms with van der Waals surface area (Å²) >= 11 is 3.85. The van der Waals surface area contributed by atoms with E-state index in [2.05, 4.69) is 223 Å². The van der Waals surface area contributed by atoms with Gasteiger partial charge in [0.05, 0.1) is 5.69 Å². The van der Waals surface area contributed by atoms with Crippen LogP contribution in [0.4, 0.5) is 28.4 Å². The highest BCUT2D eigenvalue weighted by Crippen LogP contribution is 2.53. The van der Waals surface area contributed by atoms with Gasteiger partial charge in [0, 0.05) is 70.4 Å². The van der Waals surface area contributed by atoms with Crippen molar-refractivity contribution in [3.63, 3.8) is 0 Å². The van der Waals surface area contributed by atoms with E-state index in [1.54, 1.807) is 0 Å². The molecule has 0 spiro atoms. The van der Waals surface area contributed by atoms with Gasteiger partial charge in [-0.1, -0.05) is 134 Å². The molecule has 2 aliphatic rings. The number of allylic oxidation sites excluding steroid dienone is 3. The van der Waals surface area contributed by atoms with Crippen LogP contribution in [0, 0.1) is 0 Å². The maximum Gasteiger partial charge on any atom is 0.0546 e. The summed E-state index contributed by atoms with van der Waals surface area (Å²) in [6.45, 7) is 3.12. The van der Waals surface area contributed by atoms with Crippen LogP contribution in [0.5, 0.6) is 0 Å². The first-order valence-electron chi connectivity index (χ1n) is 20.7. The van der Waals surface area contributed by atoms with Gasteiger partial charge < -0.3 is 9.80 Å². The van der Waals surface area contributed by atoms with Gasteiger partial charge in [-0.15, -0.1) is 23.1 Å². The molecule has 0 bridgehead atoms. The van der Waals surface area contributed by atoms with Crippen LogP contribution < -0.4 is 9.80 Å². The predicted octanol–water partition coefficient (Wildman–Crippen LogP) is 16.2. The van der Waals surface area contributed by atoms with E-state index in [-0.39, 0.29) is 5.41 Å². The highest BCUT2D eigenvalue weighted by molar-refractivity contribution is 8.00. The fourth-order valence-electron chi connectivity index (χ4n) is 9.76. The lowest BCUT2D eigenvalue weighted by molar-refractivity contribution is 0.620. The maximum atomic E-state index is 2.51. The molecular weight excluding hydrogens is 765 g/mol. The molecule has 12 rings (SSSR count). The normalized spacial score (nSPS) is 16.9. The van der Waals surface area contributed by atoms with Crippen LogP contribution in [0.2, 0.25) is 0 Å². The fraction of sp³-hybridized carbons (Fsp3) is 0.0714. The SMILES string of the molecule is CC12C=CC=CC1Sc1ccc(N(Cc3cc4c5ccccc5c(N(c5ccccc5)c5ccc6sc7ccccc7c6c5)cc4c4ccccc34)c3ccccc3)cc12. The minimum atomic E-state index is -0.0315. The van der Waals surface area contributed by atoms with E-state index < -0.39 is 0 Å². The number of thiophene rings is 1. The van der Waals surface area contributed by atoms with Crippen molar-refractivity contribution in [3.05, 3.63) is 217 Å². The molecule has 2 atom stereocenters. The van der Waals surface area contributed by atoms with Crippen molar-refractivity contribution in [2.75, 3.05) is 9.80 Å². The molecule has 0 radical (unpaired) electrons. The van der Waals surface area contributed by atoms with Crippen LogP contribution in [0.25, 0.3) is 52.5 Å². The standard InChI is InChI=1S/C56H40N2S2/c1-56-31-15-14-26-55(56)60-54-30-27-40(34-50(54)56)57(38-16-4-2-5-17-38)36-37-32-47-44-22-10-11-23-45(44)51(35-48(47)43-21-9-8-20-42(37)43)58(39-18-6-3-7-19-39)41-28-29-53-49(33-41)46-24-12-13-25-52(46)59-53/h2-35,55H,36H2,1H3. The van der Waals surface area contributed by atoms with Crippen LogP contribution in [0.3, 0.4) is 0 Å². The lowest BCUT2D eigenvalue weighted by Gasteiger charge is -2.31. The number of thioether (sulfide) groups is 1. The molecule has 60 heavy (non-hydrogen) atoms. The summed E-state index contributed by atoms with van der Waals surface area (Å²) in [5.74, 6) is 0. The molecule has 0 saturated heterocycles. The molecule has 0 N–H and O–H groups in total. The maximum absolute atomic E-state index is 2.51. The molecule has 0 saturated carbocycles. The van der Waals surface area contributed by atoms with Gasteiger partial charge >= 0.3 is 0 Å². The zero-order valence-electron chi connectivity index (χ0n) is 33.1.